The summed E-state index contributed by atoms with van der Waals surface area (Å²) in [4.78, 5) is 24.0. The van der Waals surface area contributed by atoms with E-state index in [0.717, 1.165) is 11.5 Å². The van der Waals surface area contributed by atoms with E-state index in [2.05, 4.69) is 16.2 Å². The number of nitrogens with zero attached hydrogens (tertiary/aromatic N) is 3. The molecule has 86 valence electrons. The van der Waals surface area contributed by atoms with Gasteiger partial charge >= 0.3 is 5.97 Å². The van der Waals surface area contributed by atoms with Crippen molar-refractivity contribution in [3.05, 3.63) is 23.2 Å². The summed E-state index contributed by atoms with van der Waals surface area (Å²) in [5.41, 5.74) is 0.509. The van der Waals surface area contributed by atoms with E-state index < -0.39 is 5.97 Å². The van der Waals surface area contributed by atoms with Crippen LogP contribution in [0.1, 0.15) is 15.4 Å². The van der Waals surface area contributed by atoms with E-state index in [0.29, 0.717) is 10.6 Å². The van der Waals surface area contributed by atoms with Gasteiger partial charge in [-0.3, -0.25) is 9.59 Å². The van der Waals surface area contributed by atoms with E-state index in [9.17, 15) is 9.59 Å². The van der Waals surface area contributed by atoms with Crippen molar-refractivity contribution < 1.29 is 14.7 Å². The molecule has 0 radical (unpaired) electrons. The largest absolute Gasteiger partial charge is 0.480 e. The molecule has 1 N–H and O–H groups in total. The lowest BCUT2D eigenvalue weighted by atomic mass is 10.3. The SMILES string of the molecule is C=CCN(CC(=O)O)C(=O)c1snnc1C. The average molecular weight is 241 g/mol. The third-order valence-electron chi connectivity index (χ3n) is 1.81. The number of carbonyl (C=O) groups excluding carboxylic acids is 1. The van der Waals surface area contributed by atoms with Gasteiger partial charge in [0.05, 0.1) is 5.69 Å². The molecule has 1 amide bonds. The highest BCUT2D eigenvalue weighted by Gasteiger charge is 2.21. The van der Waals surface area contributed by atoms with Gasteiger partial charge in [-0.1, -0.05) is 10.6 Å². The lowest BCUT2D eigenvalue weighted by Gasteiger charge is -2.17. The van der Waals surface area contributed by atoms with Gasteiger partial charge in [0.2, 0.25) is 0 Å². The van der Waals surface area contributed by atoms with Crippen molar-refractivity contribution in [1.29, 1.82) is 0 Å². The number of hydrogen-bond donors (Lipinski definition) is 1. The van der Waals surface area contributed by atoms with E-state index in [-0.39, 0.29) is 19.0 Å². The molecule has 0 bridgehead atoms. The standard InChI is InChI=1S/C9H11N3O3S/c1-3-4-12(5-7(13)14)9(15)8-6(2)10-11-16-8/h3H,1,4-5H2,2H3,(H,13,14). The predicted octanol–water partition coefficient (Wildman–Crippen LogP) is 0.559. The minimum absolute atomic E-state index is 0.183. The fraction of sp³-hybridized carbons (Fsp3) is 0.333. The molecule has 0 saturated heterocycles. The van der Waals surface area contributed by atoms with Crippen LogP contribution in [0.4, 0.5) is 0 Å². The fourth-order valence-corrected chi connectivity index (χ4v) is 1.73. The molecule has 0 unspecified atom stereocenters. The number of hydrogen-bond acceptors (Lipinski definition) is 5. The number of amides is 1. The molecule has 7 heteroatoms. The molecule has 1 rings (SSSR count). The van der Waals surface area contributed by atoms with Crippen LogP contribution < -0.4 is 0 Å². The molecule has 1 aromatic rings. The highest BCUT2D eigenvalue weighted by Crippen LogP contribution is 2.12. The maximum absolute atomic E-state index is 11.9. The quantitative estimate of drug-likeness (QED) is 0.761. The van der Waals surface area contributed by atoms with Gasteiger partial charge in [-0.2, -0.15) is 0 Å². The van der Waals surface area contributed by atoms with E-state index in [1.54, 1.807) is 6.92 Å². The minimum atomic E-state index is -1.06. The van der Waals surface area contributed by atoms with Gasteiger partial charge in [0.15, 0.2) is 0 Å². The summed E-state index contributed by atoms with van der Waals surface area (Å²) in [6.07, 6.45) is 1.48. The molecule has 0 aromatic carbocycles. The second-order valence-corrected chi connectivity index (χ2v) is 3.81. The van der Waals surface area contributed by atoms with Crippen molar-refractivity contribution in [2.24, 2.45) is 0 Å². The number of carboxylic acids is 1. The van der Waals surface area contributed by atoms with Crippen molar-refractivity contribution >= 4 is 23.4 Å². The van der Waals surface area contributed by atoms with Crippen molar-refractivity contribution in [3.8, 4) is 0 Å². The van der Waals surface area contributed by atoms with Crippen LogP contribution in [0.25, 0.3) is 0 Å². The summed E-state index contributed by atoms with van der Waals surface area (Å²) in [5.74, 6) is -1.44. The Morgan fingerprint density at radius 3 is 2.75 bits per heavy atom. The lowest BCUT2D eigenvalue weighted by Crippen LogP contribution is -2.35. The molecule has 16 heavy (non-hydrogen) atoms. The lowest BCUT2D eigenvalue weighted by molar-refractivity contribution is -0.137. The van der Waals surface area contributed by atoms with Crippen molar-refractivity contribution in [2.75, 3.05) is 13.1 Å². The van der Waals surface area contributed by atoms with Crippen molar-refractivity contribution in [3.63, 3.8) is 0 Å². The van der Waals surface area contributed by atoms with Crippen molar-refractivity contribution in [1.82, 2.24) is 14.5 Å². The Bertz CT molecular complexity index is 416. The van der Waals surface area contributed by atoms with Crippen LogP contribution in [0.5, 0.6) is 0 Å². The van der Waals surface area contributed by atoms with E-state index >= 15 is 0 Å². The Morgan fingerprint density at radius 2 is 2.31 bits per heavy atom. The molecule has 0 spiro atoms. The van der Waals surface area contributed by atoms with Gasteiger partial charge in [0, 0.05) is 6.54 Å². The zero-order valence-corrected chi connectivity index (χ0v) is 9.53. The molecule has 1 aromatic heterocycles. The Hall–Kier alpha value is -1.76. The molecule has 0 aliphatic carbocycles. The summed E-state index contributed by atoms with van der Waals surface area (Å²) >= 11 is 0.959. The van der Waals surface area contributed by atoms with Gasteiger partial charge in [-0.25, -0.2) is 0 Å². The minimum Gasteiger partial charge on any atom is -0.480 e. The van der Waals surface area contributed by atoms with E-state index in [1.165, 1.54) is 11.0 Å². The molecule has 0 aliphatic rings. The van der Waals surface area contributed by atoms with Gasteiger partial charge < -0.3 is 10.0 Å². The first kappa shape index (κ1) is 12.3. The first-order chi connectivity index (χ1) is 7.56. The summed E-state index contributed by atoms with van der Waals surface area (Å²) in [6, 6.07) is 0. The third-order valence-corrected chi connectivity index (χ3v) is 2.62. The number of aryl methyl sites for hydroxylation is 1. The number of aromatic nitrogens is 2. The molecule has 0 atom stereocenters. The van der Waals surface area contributed by atoms with Gasteiger partial charge in [0.1, 0.15) is 11.4 Å². The highest BCUT2D eigenvalue weighted by molar-refractivity contribution is 7.07. The maximum Gasteiger partial charge on any atom is 0.323 e. The first-order valence-electron chi connectivity index (χ1n) is 4.47. The Labute approximate surface area is 96.4 Å². The zero-order chi connectivity index (χ0) is 12.1. The topological polar surface area (TPSA) is 83.4 Å². The van der Waals surface area contributed by atoms with Crippen LogP contribution in [0.15, 0.2) is 12.7 Å². The summed E-state index contributed by atoms with van der Waals surface area (Å²) in [7, 11) is 0. The van der Waals surface area contributed by atoms with Gasteiger partial charge in [0.25, 0.3) is 5.91 Å². The van der Waals surface area contributed by atoms with Crippen LogP contribution in [0, 0.1) is 6.92 Å². The van der Waals surface area contributed by atoms with Crippen LogP contribution in [-0.4, -0.2) is 44.6 Å². The smallest absolute Gasteiger partial charge is 0.323 e. The fourth-order valence-electron chi connectivity index (χ4n) is 1.11. The van der Waals surface area contributed by atoms with Crippen LogP contribution in [-0.2, 0) is 4.79 Å². The summed E-state index contributed by atoms with van der Waals surface area (Å²) in [6.45, 7) is 4.96. The van der Waals surface area contributed by atoms with Gasteiger partial charge in [-0.15, -0.1) is 11.7 Å². The number of carbonyl (C=O) groups is 2. The van der Waals surface area contributed by atoms with Gasteiger partial charge in [-0.05, 0) is 18.5 Å². The Morgan fingerprint density at radius 1 is 1.62 bits per heavy atom. The second-order valence-electron chi connectivity index (χ2n) is 3.06. The monoisotopic (exact) mass is 241 g/mol. The number of aliphatic carboxylic acids is 1. The van der Waals surface area contributed by atoms with Crippen molar-refractivity contribution in [2.45, 2.75) is 6.92 Å². The van der Waals surface area contributed by atoms with E-state index in [1.807, 2.05) is 0 Å². The molecule has 6 nitrogen and oxygen atoms in total. The van der Waals surface area contributed by atoms with Crippen LogP contribution in [0.3, 0.4) is 0 Å². The maximum atomic E-state index is 11.9. The zero-order valence-electron chi connectivity index (χ0n) is 8.71. The average Bonchev–Trinajstić information content (AvgIpc) is 2.62. The molecule has 0 aliphatic heterocycles. The van der Waals surface area contributed by atoms with Crippen LogP contribution in [0.2, 0.25) is 0 Å². The molecule has 1 heterocycles. The molecular formula is C9H11N3O3S. The summed E-state index contributed by atoms with van der Waals surface area (Å²) < 4.78 is 3.64. The summed E-state index contributed by atoms with van der Waals surface area (Å²) in [5, 5.41) is 12.4. The second kappa shape index (κ2) is 5.36. The van der Waals surface area contributed by atoms with E-state index in [4.69, 9.17) is 5.11 Å². The van der Waals surface area contributed by atoms with Crippen LogP contribution >= 0.6 is 11.5 Å². The highest BCUT2D eigenvalue weighted by atomic mass is 32.1. The molecule has 0 saturated carbocycles. The molecule has 0 fully saturated rings. The Balaban J connectivity index is 2.86. The first-order valence-corrected chi connectivity index (χ1v) is 5.24. The number of rotatable bonds is 5. The molecular weight excluding hydrogens is 230 g/mol. The third kappa shape index (κ3) is 2.86. The predicted molar refractivity (Wildman–Crippen MR) is 58.4 cm³/mol. The number of carboxylic acid groups (broad SMARTS) is 1. The normalized spacial score (nSPS) is 9.81. The Kier molecular flexibility index (Phi) is 4.12.